The van der Waals surface area contributed by atoms with Gasteiger partial charge in [0, 0.05) is 50.6 Å². The summed E-state index contributed by atoms with van der Waals surface area (Å²) in [7, 11) is -3.01. The van der Waals surface area contributed by atoms with Crippen molar-refractivity contribution in [2.24, 2.45) is 0 Å². The first-order valence-electron chi connectivity index (χ1n) is 30.9. The van der Waals surface area contributed by atoms with E-state index in [-0.39, 0.29) is 33.8 Å². The Hall–Kier alpha value is -8.12. The van der Waals surface area contributed by atoms with E-state index in [9.17, 15) is 0 Å². The molecule has 2 aliphatic rings. The average Bonchev–Trinajstić information content (AvgIpc) is 1.15. The van der Waals surface area contributed by atoms with Gasteiger partial charge in [0.2, 0.25) is 0 Å². The summed E-state index contributed by atoms with van der Waals surface area (Å²) in [5.41, 5.74) is 20.9. The molecular formula is C80H82BN3Si. The second kappa shape index (κ2) is 20.0. The molecular weight excluding hydrogens is 1040 g/mol. The van der Waals surface area contributed by atoms with Gasteiger partial charge in [0.15, 0.2) is 8.07 Å². The zero-order chi connectivity index (χ0) is 59.8. The van der Waals surface area contributed by atoms with Gasteiger partial charge < -0.3 is 14.4 Å². The monoisotopic (exact) mass is 1120 g/mol. The number of nitrogens with zero attached hydrogens (tertiary/aromatic N) is 3. The highest BCUT2D eigenvalue weighted by molar-refractivity contribution is 7.20. The van der Waals surface area contributed by atoms with Crippen molar-refractivity contribution >= 4 is 108 Å². The summed E-state index contributed by atoms with van der Waals surface area (Å²) in [6.07, 6.45) is 0. The summed E-state index contributed by atoms with van der Waals surface area (Å²) in [6, 6.07) is 87.6. The fraction of sp³-hybridized carbons (Fsp3) is 0.250. The first-order chi connectivity index (χ1) is 40.3. The molecule has 0 amide bonds. The van der Waals surface area contributed by atoms with Gasteiger partial charge in [0.1, 0.15) is 0 Å². The number of para-hydroxylation sites is 2. The fourth-order valence-corrected chi connectivity index (χ4v) is 19.0. The number of aromatic nitrogens is 1. The SMILES string of the molecule is CC(C)(C)c1cc2c3c(c1)N(c1ccccc1C(C)(C)C)c1cc(-n4c5ccc(C(C)(C)C)cc5c5cc(C(C)(C)C)ccc54)ccc1B3c1cc([Si](c3ccccc3)(c3ccccc3)c3ccccc3)ccc1N2c1ccccc1C(C)(C)C. The summed E-state index contributed by atoms with van der Waals surface area (Å²) in [5, 5.41) is 8.04. The molecule has 13 rings (SSSR count). The van der Waals surface area contributed by atoms with E-state index in [1.54, 1.807) is 0 Å². The molecule has 0 aliphatic carbocycles. The highest BCUT2D eigenvalue weighted by Gasteiger charge is 2.48. The van der Waals surface area contributed by atoms with Gasteiger partial charge in [0.25, 0.3) is 6.71 Å². The van der Waals surface area contributed by atoms with Crippen molar-refractivity contribution < 1.29 is 0 Å². The fourth-order valence-electron chi connectivity index (χ4n) is 14.2. The smallest absolute Gasteiger partial charge is 0.252 e. The lowest BCUT2D eigenvalue weighted by Crippen LogP contribution is -2.75. The van der Waals surface area contributed by atoms with Crippen LogP contribution in [0.25, 0.3) is 27.5 Å². The standard InChI is InChI=1S/C80H82BN3Si/c1-76(2,3)53-39-44-67-61(47-53)62-48-54(77(4,5)6)40-45-68(62)82(67)56-41-43-65-72(51-56)84(70-38-28-26-36-64(70)80(13,14)15)74-50-55(78(7,8)9)49-73-75(74)81(65)66-52-60(42-46-71(66)83(73)69-37-27-25-35-63(69)79(10,11)12)85(57-29-19-16-20-30-57,58-31-21-17-22-32-58)59-33-23-18-24-34-59/h16-52H,1-15H3. The van der Waals surface area contributed by atoms with E-state index in [0.717, 1.165) is 5.69 Å². The zero-order valence-corrected chi connectivity index (χ0v) is 53.8. The molecule has 3 heterocycles. The Morgan fingerprint density at radius 3 is 1.15 bits per heavy atom. The molecule has 0 atom stereocenters. The maximum Gasteiger partial charge on any atom is 0.252 e. The van der Waals surface area contributed by atoms with E-state index in [2.05, 4.69) is 343 Å². The van der Waals surface area contributed by atoms with E-state index >= 15 is 0 Å². The Balaban J connectivity index is 1.19. The molecule has 2 aliphatic heterocycles. The second-order valence-corrected chi connectivity index (χ2v) is 33.3. The lowest BCUT2D eigenvalue weighted by Gasteiger charge is -2.47. The van der Waals surface area contributed by atoms with Crippen molar-refractivity contribution in [3.63, 3.8) is 0 Å². The minimum Gasteiger partial charge on any atom is -0.311 e. The molecule has 0 saturated heterocycles. The minimum atomic E-state index is -3.01. The topological polar surface area (TPSA) is 11.4 Å². The van der Waals surface area contributed by atoms with Crippen LogP contribution < -0.4 is 46.9 Å². The number of rotatable bonds is 7. The van der Waals surface area contributed by atoms with Crippen LogP contribution in [0.2, 0.25) is 0 Å². The molecule has 3 nitrogen and oxygen atoms in total. The largest absolute Gasteiger partial charge is 0.311 e. The van der Waals surface area contributed by atoms with Gasteiger partial charge in [-0.05, 0) is 159 Å². The van der Waals surface area contributed by atoms with Crippen LogP contribution in [-0.4, -0.2) is 19.4 Å². The van der Waals surface area contributed by atoms with E-state index in [1.807, 2.05) is 0 Å². The molecule has 5 heteroatoms. The molecule has 10 aromatic carbocycles. The van der Waals surface area contributed by atoms with Crippen molar-refractivity contribution in [2.45, 2.75) is 131 Å². The molecule has 0 saturated carbocycles. The normalized spacial score (nSPS) is 13.8. The van der Waals surface area contributed by atoms with Gasteiger partial charge in [0.05, 0.1) is 11.0 Å². The molecule has 424 valence electrons. The lowest BCUT2D eigenvalue weighted by atomic mass is 9.33. The van der Waals surface area contributed by atoms with Crippen molar-refractivity contribution in [2.75, 3.05) is 9.80 Å². The number of fused-ring (bicyclic) bond motifs is 7. The van der Waals surface area contributed by atoms with Crippen LogP contribution in [0.3, 0.4) is 0 Å². The molecule has 0 fully saturated rings. The quantitative estimate of drug-likeness (QED) is 0.116. The minimum absolute atomic E-state index is 0.0127. The van der Waals surface area contributed by atoms with Gasteiger partial charge in [-0.25, -0.2) is 0 Å². The third kappa shape index (κ3) is 9.23. The van der Waals surface area contributed by atoms with Gasteiger partial charge in [-0.15, -0.1) is 0 Å². The third-order valence-electron chi connectivity index (χ3n) is 18.6. The van der Waals surface area contributed by atoms with Crippen LogP contribution in [0.5, 0.6) is 0 Å². The Kier molecular flexibility index (Phi) is 13.2. The van der Waals surface area contributed by atoms with Crippen molar-refractivity contribution in [1.29, 1.82) is 0 Å². The summed E-state index contributed by atoms with van der Waals surface area (Å²) in [4.78, 5) is 5.36. The molecule has 0 N–H and O–H groups in total. The maximum atomic E-state index is 2.69. The Morgan fingerprint density at radius 1 is 0.294 bits per heavy atom. The number of benzene rings is 10. The average molecular weight is 1120 g/mol. The predicted molar refractivity (Wildman–Crippen MR) is 372 cm³/mol. The van der Waals surface area contributed by atoms with Crippen molar-refractivity contribution in [3.8, 4) is 5.69 Å². The van der Waals surface area contributed by atoms with Crippen LogP contribution in [0, 0.1) is 0 Å². The predicted octanol–water partition coefficient (Wildman–Crippen LogP) is 16.7. The Morgan fingerprint density at radius 2 is 0.718 bits per heavy atom. The van der Waals surface area contributed by atoms with E-state index < -0.39 is 8.07 Å². The third-order valence-corrected chi connectivity index (χ3v) is 23.4. The molecule has 0 bridgehead atoms. The summed E-state index contributed by atoms with van der Waals surface area (Å²) in [5.74, 6) is 0. The highest BCUT2D eigenvalue weighted by atomic mass is 28.3. The lowest BCUT2D eigenvalue weighted by molar-refractivity contribution is 0.588. The summed E-state index contributed by atoms with van der Waals surface area (Å²) >= 11 is 0. The van der Waals surface area contributed by atoms with Crippen LogP contribution >= 0.6 is 0 Å². The van der Waals surface area contributed by atoms with Gasteiger partial charge >= 0.3 is 0 Å². The van der Waals surface area contributed by atoms with Gasteiger partial charge in [-0.1, -0.05) is 262 Å². The second-order valence-electron chi connectivity index (χ2n) is 29.5. The van der Waals surface area contributed by atoms with E-state index in [4.69, 9.17) is 0 Å². The number of hydrogen-bond donors (Lipinski definition) is 0. The van der Waals surface area contributed by atoms with E-state index in [1.165, 1.54) is 121 Å². The highest BCUT2D eigenvalue weighted by Crippen LogP contribution is 2.50. The summed E-state index contributed by atoms with van der Waals surface area (Å²) in [6.45, 7) is 35.2. The molecule has 0 radical (unpaired) electrons. The number of anilines is 6. The maximum absolute atomic E-state index is 3.01. The molecule has 0 spiro atoms. The first kappa shape index (κ1) is 56.0. The molecule has 0 unspecified atom stereocenters. The first-order valence-corrected chi connectivity index (χ1v) is 32.9. The van der Waals surface area contributed by atoms with Crippen LogP contribution in [-0.2, 0) is 27.1 Å². The Bertz CT molecular complexity index is 4220. The van der Waals surface area contributed by atoms with Gasteiger partial charge in [-0.3, -0.25) is 0 Å². The van der Waals surface area contributed by atoms with E-state index in [0.29, 0.717) is 0 Å². The molecule has 11 aromatic rings. The van der Waals surface area contributed by atoms with Crippen molar-refractivity contribution in [3.05, 3.63) is 252 Å². The van der Waals surface area contributed by atoms with Crippen LogP contribution in [0.4, 0.5) is 34.1 Å². The zero-order valence-electron chi connectivity index (χ0n) is 52.8. The van der Waals surface area contributed by atoms with Crippen molar-refractivity contribution in [1.82, 2.24) is 4.57 Å². The molecule has 1 aromatic heterocycles. The Labute approximate surface area is 508 Å². The van der Waals surface area contributed by atoms with Gasteiger partial charge in [-0.2, -0.15) is 0 Å². The van der Waals surface area contributed by atoms with Crippen LogP contribution in [0.1, 0.15) is 132 Å². The molecule has 85 heavy (non-hydrogen) atoms. The number of hydrogen-bond acceptors (Lipinski definition) is 2. The summed E-state index contributed by atoms with van der Waals surface area (Å²) < 4.78 is 2.56. The van der Waals surface area contributed by atoms with Crippen LogP contribution in [0.15, 0.2) is 224 Å².